The SMILES string of the molecule is CC(NC(=O)C1CNc2ccccc21)(C(=O)O)C1CC1. The molecule has 3 N–H and O–H groups in total. The number of carboxylic acid groups (broad SMARTS) is 1. The van der Waals surface area contributed by atoms with E-state index in [1.807, 2.05) is 24.3 Å². The number of anilines is 1. The van der Waals surface area contributed by atoms with Crippen LogP contribution in [0.1, 0.15) is 31.2 Å². The van der Waals surface area contributed by atoms with E-state index in [1.54, 1.807) is 6.92 Å². The van der Waals surface area contributed by atoms with E-state index in [9.17, 15) is 14.7 Å². The molecule has 0 bridgehead atoms. The molecule has 1 aromatic rings. The van der Waals surface area contributed by atoms with Gasteiger partial charge >= 0.3 is 5.97 Å². The minimum atomic E-state index is -1.14. The van der Waals surface area contributed by atoms with E-state index in [0.717, 1.165) is 24.1 Å². The molecule has 1 heterocycles. The molecular weight excluding hydrogens is 256 g/mol. The van der Waals surface area contributed by atoms with Crippen LogP contribution >= 0.6 is 0 Å². The second-order valence-electron chi connectivity index (χ2n) is 5.79. The van der Waals surface area contributed by atoms with Gasteiger partial charge in [-0.3, -0.25) is 4.79 Å². The monoisotopic (exact) mass is 274 g/mol. The Morgan fingerprint density at radius 2 is 2.05 bits per heavy atom. The summed E-state index contributed by atoms with van der Waals surface area (Å²) in [7, 11) is 0. The molecule has 5 nitrogen and oxygen atoms in total. The summed E-state index contributed by atoms with van der Waals surface area (Å²) < 4.78 is 0. The molecule has 1 aromatic carbocycles. The van der Waals surface area contributed by atoms with E-state index in [1.165, 1.54) is 0 Å². The molecule has 1 saturated carbocycles. The van der Waals surface area contributed by atoms with E-state index >= 15 is 0 Å². The molecule has 5 heteroatoms. The molecule has 3 rings (SSSR count). The Bertz CT molecular complexity index is 568. The summed E-state index contributed by atoms with van der Waals surface area (Å²) >= 11 is 0. The third-order valence-corrected chi connectivity index (χ3v) is 4.37. The summed E-state index contributed by atoms with van der Waals surface area (Å²) in [5.41, 5.74) is 0.749. The number of hydrogen-bond donors (Lipinski definition) is 3. The normalized spacial score (nSPS) is 23.4. The summed E-state index contributed by atoms with van der Waals surface area (Å²) in [6.07, 6.45) is 1.73. The van der Waals surface area contributed by atoms with Crippen LogP contribution in [0.15, 0.2) is 24.3 Å². The molecule has 0 saturated heterocycles. The van der Waals surface area contributed by atoms with Crippen molar-refractivity contribution in [3.63, 3.8) is 0 Å². The summed E-state index contributed by atoms with van der Waals surface area (Å²) in [6, 6.07) is 7.65. The van der Waals surface area contributed by atoms with Crippen LogP contribution in [0.25, 0.3) is 0 Å². The van der Waals surface area contributed by atoms with Crippen LogP contribution in [0.4, 0.5) is 5.69 Å². The van der Waals surface area contributed by atoms with E-state index in [4.69, 9.17) is 0 Å². The molecule has 2 atom stereocenters. The lowest BCUT2D eigenvalue weighted by atomic mass is 9.93. The first kappa shape index (κ1) is 13.0. The van der Waals surface area contributed by atoms with Crippen LogP contribution in [0.3, 0.4) is 0 Å². The Labute approximate surface area is 117 Å². The van der Waals surface area contributed by atoms with Crippen molar-refractivity contribution < 1.29 is 14.7 Å². The zero-order chi connectivity index (χ0) is 14.3. The molecule has 2 unspecified atom stereocenters. The molecule has 1 aliphatic heterocycles. The van der Waals surface area contributed by atoms with Gasteiger partial charge in [0.15, 0.2) is 0 Å². The van der Waals surface area contributed by atoms with Crippen LogP contribution < -0.4 is 10.6 Å². The number of fused-ring (bicyclic) bond motifs is 1. The summed E-state index contributed by atoms with van der Waals surface area (Å²) in [5, 5.41) is 15.3. The average molecular weight is 274 g/mol. The molecule has 0 spiro atoms. The Balaban J connectivity index is 1.79. The molecule has 1 aliphatic carbocycles. The molecule has 2 aliphatic rings. The van der Waals surface area contributed by atoms with Gasteiger partial charge in [0.25, 0.3) is 0 Å². The van der Waals surface area contributed by atoms with Crippen molar-refractivity contribution in [1.29, 1.82) is 0 Å². The highest BCUT2D eigenvalue weighted by molar-refractivity contribution is 5.93. The van der Waals surface area contributed by atoms with Gasteiger partial charge in [0.1, 0.15) is 5.54 Å². The molecule has 1 amide bonds. The van der Waals surface area contributed by atoms with Crippen molar-refractivity contribution >= 4 is 17.6 Å². The molecular formula is C15H18N2O3. The lowest BCUT2D eigenvalue weighted by molar-refractivity contribution is -0.148. The standard InChI is InChI=1S/C15H18N2O3/c1-15(14(19)20,9-6-7-9)17-13(18)11-8-16-12-5-3-2-4-10(11)12/h2-5,9,11,16H,6-8H2,1H3,(H,17,18)(H,19,20). The van der Waals surface area contributed by atoms with Crippen molar-refractivity contribution in [2.24, 2.45) is 5.92 Å². The highest BCUT2D eigenvalue weighted by Gasteiger charge is 2.49. The third kappa shape index (κ3) is 2.03. The van der Waals surface area contributed by atoms with Crippen LogP contribution in [0.5, 0.6) is 0 Å². The van der Waals surface area contributed by atoms with Gasteiger partial charge in [-0.05, 0) is 37.3 Å². The van der Waals surface area contributed by atoms with Crippen molar-refractivity contribution in [2.45, 2.75) is 31.2 Å². The van der Waals surface area contributed by atoms with Gasteiger partial charge in [-0.2, -0.15) is 0 Å². The van der Waals surface area contributed by atoms with Crippen LogP contribution in [0, 0.1) is 5.92 Å². The second-order valence-corrected chi connectivity index (χ2v) is 5.79. The van der Waals surface area contributed by atoms with Gasteiger partial charge in [-0.15, -0.1) is 0 Å². The first-order chi connectivity index (χ1) is 9.52. The minimum absolute atomic E-state index is 0.0496. The first-order valence-electron chi connectivity index (χ1n) is 6.90. The minimum Gasteiger partial charge on any atom is -0.480 e. The van der Waals surface area contributed by atoms with E-state index in [0.29, 0.717) is 6.54 Å². The Morgan fingerprint density at radius 3 is 2.70 bits per heavy atom. The maximum atomic E-state index is 12.4. The molecule has 106 valence electrons. The summed E-state index contributed by atoms with van der Waals surface area (Å²) in [5.74, 6) is -1.43. The van der Waals surface area contributed by atoms with Gasteiger partial charge in [0, 0.05) is 12.2 Å². The Morgan fingerprint density at radius 1 is 1.35 bits per heavy atom. The number of aliphatic carboxylic acids is 1. The van der Waals surface area contributed by atoms with Crippen molar-refractivity contribution in [2.75, 3.05) is 11.9 Å². The first-order valence-corrected chi connectivity index (χ1v) is 6.90. The fourth-order valence-electron chi connectivity index (χ4n) is 2.85. The third-order valence-electron chi connectivity index (χ3n) is 4.37. The fraction of sp³-hybridized carbons (Fsp3) is 0.467. The highest BCUT2D eigenvalue weighted by atomic mass is 16.4. The molecule has 0 radical (unpaired) electrons. The zero-order valence-electron chi connectivity index (χ0n) is 11.3. The number of carbonyl (C=O) groups is 2. The van der Waals surface area contributed by atoms with Gasteiger partial charge < -0.3 is 15.7 Å². The number of rotatable bonds is 4. The van der Waals surface area contributed by atoms with Crippen molar-refractivity contribution in [3.05, 3.63) is 29.8 Å². The Kier molecular flexibility index (Phi) is 2.92. The van der Waals surface area contributed by atoms with Gasteiger partial charge in [-0.25, -0.2) is 4.79 Å². The predicted molar refractivity (Wildman–Crippen MR) is 74.6 cm³/mol. The van der Waals surface area contributed by atoms with Crippen molar-refractivity contribution in [1.82, 2.24) is 5.32 Å². The van der Waals surface area contributed by atoms with Crippen molar-refractivity contribution in [3.8, 4) is 0 Å². The number of amides is 1. The molecule has 20 heavy (non-hydrogen) atoms. The number of benzene rings is 1. The Hall–Kier alpha value is -2.04. The van der Waals surface area contributed by atoms with Gasteiger partial charge in [0.05, 0.1) is 5.92 Å². The summed E-state index contributed by atoms with van der Waals surface area (Å²) in [4.78, 5) is 23.9. The maximum Gasteiger partial charge on any atom is 0.329 e. The quantitative estimate of drug-likeness (QED) is 0.778. The summed E-state index contributed by atoms with van der Waals surface area (Å²) in [6.45, 7) is 2.13. The van der Waals surface area contributed by atoms with E-state index in [2.05, 4.69) is 10.6 Å². The van der Waals surface area contributed by atoms with Crippen LogP contribution in [-0.2, 0) is 9.59 Å². The van der Waals surface area contributed by atoms with Crippen LogP contribution in [-0.4, -0.2) is 29.1 Å². The predicted octanol–water partition coefficient (Wildman–Crippen LogP) is 1.57. The molecule has 0 aromatic heterocycles. The highest BCUT2D eigenvalue weighted by Crippen LogP contribution is 2.40. The topological polar surface area (TPSA) is 78.4 Å². The smallest absolute Gasteiger partial charge is 0.329 e. The van der Waals surface area contributed by atoms with Gasteiger partial charge in [-0.1, -0.05) is 18.2 Å². The number of nitrogens with one attached hydrogen (secondary N) is 2. The zero-order valence-corrected chi connectivity index (χ0v) is 11.3. The largest absolute Gasteiger partial charge is 0.480 e. The van der Waals surface area contributed by atoms with Crippen LogP contribution in [0.2, 0.25) is 0 Å². The second kappa shape index (κ2) is 4.51. The van der Waals surface area contributed by atoms with E-state index in [-0.39, 0.29) is 17.7 Å². The maximum absolute atomic E-state index is 12.4. The number of carboxylic acids is 1. The number of para-hydroxylation sites is 1. The van der Waals surface area contributed by atoms with Gasteiger partial charge in [0.2, 0.25) is 5.91 Å². The fourth-order valence-corrected chi connectivity index (χ4v) is 2.85. The average Bonchev–Trinajstić information content (AvgIpc) is 3.18. The number of carbonyl (C=O) groups excluding carboxylic acids is 1. The molecule has 1 fully saturated rings. The lowest BCUT2D eigenvalue weighted by Gasteiger charge is -2.27. The number of hydrogen-bond acceptors (Lipinski definition) is 3. The lowest BCUT2D eigenvalue weighted by Crippen LogP contribution is -2.55. The van der Waals surface area contributed by atoms with E-state index < -0.39 is 11.5 Å².